The third kappa shape index (κ3) is 5.03. The summed E-state index contributed by atoms with van der Waals surface area (Å²) in [4.78, 5) is 38.8. The largest absolute Gasteiger partial charge is 0.480 e. The summed E-state index contributed by atoms with van der Waals surface area (Å²) >= 11 is 0. The fourth-order valence-electron chi connectivity index (χ4n) is 5.26. The average Bonchev–Trinajstić information content (AvgIpc) is 3.74. The fourth-order valence-corrected chi connectivity index (χ4v) is 5.26. The van der Waals surface area contributed by atoms with Gasteiger partial charge in [0.25, 0.3) is 0 Å². The summed E-state index contributed by atoms with van der Waals surface area (Å²) in [6.45, 7) is 4.93. The van der Waals surface area contributed by atoms with E-state index in [0.717, 1.165) is 30.3 Å². The third-order valence-corrected chi connectivity index (χ3v) is 7.50. The van der Waals surface area contributed by atoms with Crippen LogP contribution in [-0.4, -0.2) is 55.6 Å². The molecule has 42 heavy (non-hydrogen) atoms. The van der Waals surface area contributed by atoms with Crippen molar-refractivity contribution in [2.24, 2.45) is 0 Å². The van der Waals surface area contributed by atoms with Gasteiger partial charge >= 0.3 is 6.18 Å². The number of hydrogen-bond acceptors (Lipinski definition) is 8. The SMILES string of the molecule is CCN1C(=O)CN(Cc2ccc(-c3nc(C(F)(F)F)cn3CC)cc2)c2nc(-c3c(OC)ncnc3C3CC3)ncc21. The predicted octanol–water partition coefficient (Wildman–Crippen LogP) is 5.09. The summed E-state index contributed by atoms with van der Waals surface area (Å²) in [5.74, 6) is 1.88. The molecule has 2 aliphatic rings. The van der Waals surface area contributed by atoms with Crippen LogP contribution in [0.5, 0.6) is 5.88 Å². The maximum absolute atomic E-state index is 13.3. The van der Waals surface area contributed by atoms with Gasteiger partial charge in [-0.3, -0.25) is 4.79 Å². The Balaban J connectivity index is 1.34. The minimum absolute atomic E-state index is 0.0816. The zero-order valence-corrected chi connectivity index (χ0v) is 23.4. The van der Waals surface area contributed by atoms with Gasteiger partial charge in [0.2, 0.25) is 11.8 Å². The van der Waals surface area contributed by atoms with E-state index in [4.69, 9.17) is 9.72 Å². The van der Waals surface area contributed by atoms with Crippen LogP contribution >= 0.6 is 0 Å². The summed E-state index contributed by atoms with van der Waals surface area (Å²) in [5, 5.41) is 0. The second kappa shape index (κ2) is 10.7. The normalized spacial score (nSPS) is 15.2. The molecule has 0 N–H and O–H groups in total. The lowest BCUT2D eigenvalue weighted by atomic mass is 10.1. The first-order valence-electron chi connectivity index (χ1n) is 13.8. The number of hydrogen-bond donors (Lipinski definition) is 0. The molecular formula is C29H29F3N8O2. The molecule has 10 nitrogen and oxygen atoms in total. The summed E-state index contributed by atoms with van der Waals surface area (Å²) in [7, 11) is 1.55. The lowest BCUT2D eigenvalue weighted by molar-refractivity contribution is -0.140. The molecule has 0 saturated heterocycles. The van der Waals surface area contributed by atoms with Gasteiger partial charge in [0, 0.05) is 37.3 Å². The van der Waals surface area contributed by atoms with E-state index in [2.05, 4.69) is 19.9 Å². The number of aromatic nitrogens is 6. The minimum Gasteiger partial charge on any atom is -0.480 e. The monoisotopic (exact) mass is 578 g/mol. The molecule has 1 aliphatic carbocycles. The van der Waals surface area contributed by atoms with Crippen molar-refractivity contribution in [1.29, 1.82) is 0 Å². The summed E-state index contributed by atoms with van der Waals surface area (Å²) in [5.41, 5.74) is 2.60. The van der Waals surface area contributed by atoms with Crippen LogP contribution in [0.15, 0.2) is 43.0 Å². The Morgan fingerprint density at radius 3 is 2.43 bits per heavy atom. The maximum Gasteiger partial charge on any atom is 0.434 e. The fraction of sp³-hybridized carbons (Fsp3) is 0.379. The molecule has 1 saturated carbocycles. The number of imidazole rings is 1. The number of nitrogens with zero attached hydrogens (tertiary/aromatic N) is 8. The highest BCUT2D eigenvalue weighted by Gasteiger charge is 2.36. The molecule has 1 aliphatic heterocycles. The molecule has 4 aromatic rings. The number of amides is 1. The van der Waals surface area contributed by atoms with Crippen LogP contribution in [0.25, 0.3) is 22.8 Å². The second-order valence-corrected chi connectivity index (χ2v) is 10.2. The van der Waals surface area contributed by atoms with Crippen molar-refractivity contribution < 1.29 is 22.7 Å². The molecule has 0 atom stereocenters. The standard InChI is InChI=1S/C29H29F3N8O2/c1-4-38-14-21(29(30,31)32)36-26(38)19-8-6-17(7-9-19)13-39-15-22(41)40(5-2)20-12-33-25(37-27(20)39)23-24(18-10-11-18)34-16-35-28(23)42-3/h6-9,12,14,16,18H,4-5,10-11,13,15H2,1-3H3. The molecule has 13 heteroatoms. The molecule has 0 spiro atoms. The van der Waals surface area contributed by atoms with Gasteiger partial charge in [-0.05, 0) is 32.3 Å². The molecule has 0 bridgehead atoms. The summed E-state index contributed by atoms with van der Waals surface area (Å²) in [6.07, 6.45) is 1.69. The van der Waals surface area contributed by atoms with E-state index >= 15 is 0 Å². The number of aryl methyl sites for hydroxylation is 1. The first kappa shape index (κ1) is 27.6. The average molecular weight is 579 g/mol. The number of benzene rings is 1. The lowest BCUT2D eigenvalue weighted by Gasteiger charge is -2.35. The Labute approximate surface area is 240 Å². The number of carbonyl (C=O) groups excluding carboxylic acids is 1. The van der Waals surface area contributed by atoms with Crippen LogP contribution < -0.4 is 14.5 Å². The van der Waals surface area contributed by atoms with Crippen LogP contribution in [0, 0.1) is 0 Å². The summed E-state index contributed by atoms with van der Waals surface area (Å²) < 4.78 is 46.8. The van der Waals surface area contributed by atoms with E-state index in [-0.39, 0.29) is 18.3 Å². The van der Waals surface area contributed by atoms with E-state index in [1.54, 1.807) is 37.3 Å². The smallest absolute Gasteiger partial charge is 0.434 e. The van der Waals surface area contributed by atoms with Gasteiger partial charge < -0.3 is 19.1 Å². The van der Waals surface area contributed by atoms with Gasteiger partial charge in [-0.1, -0.05) is 24.3 Å². The topological polar surface area (TPSA) is 102 Å². The number of likely N-dealkylation sites (N-methyl/N-ethyl adjacent to an activating group) is 1. The zero-order chi connectivity index (χ0) is 29.6. The van der Waals surface area contributed by atoms with E-state index in [0.29, 0.717) is 59.9 Å². The molecule has 1 amide bonds. The lowest BCUT2D eigenvalue weighted by Crippen LogP contribution is -2.46. The molecule has 3 aromatic heterocycles. The van der Waals surface area contributed by atoms with Crippen LogP contribution in [-0.2, 0) is 24.1 Å². The number of fused-ring (bicyclic) bond motifs is 1. The van der Waals surface area contributed by atoms with Gasteiger partial charge in [0.1, 0.15) is 23.4 Å². The highest BCUT2D eigenvalue weighted by atomic mass is 19.4. The van der Waals surface area contributed by atoms with Crippen molar-refractivity contribution in [3.63, 3.8) is 0 Å². The van der Waals surface area contributed by atoms with Gasteiger partial charge in [-0.2, -0.15) is 13.2 Å². The molecule has 0 radical (unpaired) electrons. The van der Waals surface area contributed by atoms with Gasteiger partial charge in [-0.25, -0.2) is 24.9 Å². The first-order chi connectivity index (χ1) is 20.2. The number of carbonyl (C=O) groups is 1. The number of methoxy groups -OCH3 is 1. The van der Waals surface area contributed by atoms with Crippen molar-refractivity contribution in [2.45, 2.75) is 51.9 Å². The van der Waals surface area contributed by atoms with Crippen molar-refractivity contribution in [2.75, 3.05) is 30.0 Å². The first-order valence-corrected chi connectivity index (χ1v) is 13.8. The summed E-state index contributed by atoms with van der Waals surface area (Å²) in [6, 6.07) is 7.15. The number of anilines is 2. The van der Waals surface area contributed by atoms with E-state index in [9.17, 15) is 18.0 Å². The van der Waals surface area contributed by atoms with Crippen molar-refractivity contribution in [1.82, 2.24) is 29.5 Å². The van der Waals surface area contributed by atoms with Gasteiger partial charge in [0.05, 0.1) is 25.5 Å². The van der Waals surface area contributed by atoms with Gasteiger partial charge in [-0.15, -0.1) is 0 Å². The molecule has 218 valence electrons. The van der Waals surface area contributed by atoms with E-state index in [1.165, 1.54) is 10.9 Å². The van der Waals surface area contributed by atoms with Crippen LogP contribution in [0.2, 0.25) is 0 Å². The van der Waals surface area contributed by atoms with Crippen LogP contribution in [0.3, 0.4) is 0 Å². The Morgan fingerprint density at radius 1 is 1.02 bits per heavy atom. The third-order valence-electron chi connectivity index (χ3n) is 7.50. The quantitative estimate of drug-likeness (QED) is 0.285. The highest BCUT2D eigenvalue weighted by Crippen LogP contribution is 2.45. The Morgan fingerprint density at radius 2 is 1.79 bits per heavy atom. The van der Waals surface area contributed by atoms with Crippen molar-refractivity contribution in [3.05, 3.63) is 59.9 Å². The number of rotatable bonds is 8. The Hall–Kier alpha value is -4.55. The number of ether oxygens (including phenoxy) is 1. The van der Waals surface area contributed by atoms with Crippen LogP contribution in [0.1, 0.15) is 49.6 Å². The van der Waals surface area contributed by atoms with Crippen LogP contribution in [0.4, 0.5) is 24.7 Å². The Bertz CT molecular complexity index is 1630. The zero-order valence-electron chi connectivity index (χ0n) is 23.4. The van der Waals surface area contributed by atoms with E-state index < -0.39 is 11.9 Å². The molecule has 6 rings (SSSR count). The predicted molar refractivity (Wildman–Crippen MR) is 149 cm³/mol. The highest BCUT2D eigenvalue weighted by molar-refractivity contribution is 6.02. The van der Waals surface area contributed by atoms with Crippen molar-refractivity contribution in [3.8, 4) is 28.7 Å². The number of alkyl halides is 3. The molecule has 0 unspecified atom stereocenters. The molecule has 1 fully saturated rings. The maximum atomic E-state index is 13.3. The van der Waals surface area contributed by atoms with E-state index in [1.807, 2.05) is 24.0 Å². The Kier molecular flexibility index (Phi) is 7.03. The van der Waals surface area contributed by atoms with Crippen molar-refractivity contribution >= 4 is 17.4 Å². The molecule has 1 aromatic carbocycles. The van der Waals surface area contributed by atoms with Gasteiger partial charge in [0.15, 0.2) is 17.3 Å². The second-order valence-electron chi connectivity index (χ2n) is 10.2. The minimum atomic E-state index is -4.52. The molecule has 4 heterocycles. The molecular weight excluding hydrogens is 549 g/mol. The number of halogens is 3.